The molecule has 7 heteroatoms. The van der Waals surface area contributed by atoms with E-state index >= 15 is 0 Å². The fraction of sp³-hybridized carbons (Fsp3) is 0.333. The average Bonchev–Trinajstić information content (AvgIpc) is 2.91. The monoisotopic (exact) mass is 259 g/mol. The van der Waals surface area contributed by atoms with E-state index in [0.717, 1.165) is 11.4 Å². The molecule has 0 saturated carbocycles. The first-order valence-corrected chi connectivity index (χ1v) is 5.89. The van der Waals surface area contributed by atoms with Crippen LogP contribution in [-0.2, 0) is 0 Å². The number of hydrogen-bond acceptors (Lipinski definition) is 5. The minimum Gasteiger partial charge on any atom is -0.367 e. The molecule has 0 saturated heterocycles. The van der Waals surface area contributed by atoms with Crippen molar-refractivity contribution in [2.75, 3.05) is 19.5 Å². The molecule has 0 spiro atoms. The van der Waals surface area contributed by atoms with Gasteiger partial charge in [-0.3, -0.25) is 10.4 Å². The molecule has 0 aliphatic rings. The van der Waals surface area contributed by atoms with Crippen molar-refractivity contribution in [2.45, 2.75) is 13.1 Å². The number of amidine groups is 1. The van der Waals surface area contributed by atoms with Gasteiger partial charge in [-0.05, 0) is 19.1 Å². The third kappa shape index (κ3) is 3.51. The lowest BCUT2D eigenvalue weighted by molar-refractivity contribution is 0.597. The molecule has 2 rings (SSSR count). The van der Waals surface area contributed by atoms with Crippen molar-refractivity contribution < 1.29 is 0 Å². The van der Waals surface area contributed by atoms with Crippen molar-refractivity contribution in [1.29, 1.82) is 0 Å². The normalized spacial score (nSPS) is 13.1. The van der Waals surface area contributed by atoms with E-state index in [2.05, 4.69) is 25.6 Å². The number of aromatic nitrogens is 4. The van der Waals surface area contributed by atoms with Gasteiger partial charge >= 0.3 is 0 Å². The smallest absolute Gasteiger partial charge is 0.160 e. The summed E-state index contributed by atoms with van der Waals surface area (Å²) in [4.78, 5) is 10.6. The Balaban J connectivity index is 2.26. The highest BCUT2D eigenvalue weighted by molar-refractivity contribution is 5.79. The molecule has 2 aromatic heterocycles. The van der Waals surface area contributed by atoms with Crippen LogP contribution in [0.4, 0.5) is 0 Å². The van der Waals surface area contributed by atoms with Gasteiger partial charge in [-0.1, -0.05) is 0 Å². The second kappa shape index (κ2) is 5.94. The number of pyridine rings is 1. The third-order valence-corrected chi connectivity index (χ3v) is 2.68. The molecule has 0 bridgehead atoms. The van der Waals surface area contributed by atoms with Gasteiger partial charge in [-0.25, -0.2) is 9.67 Å². The Bertz CT molecular complexity index is 518. The summed E-state index contributed by atoms with van der Waals surface area (Å²) in [6.45, 7) is 1.96. The van der Waals surface area contributed by atoms with Gasteiger partial charge in [0, 0.05) is 32.1 Å². The van der Waals surface area contributed by atoms with Crippen LogP contribution < -0.4 is 5.43 Å². The van der Waals surface area contributed by atoms with Crippen molar-refractivity contribution in [3.05, 3.63) is 42.7 Å². The van der Waals surface area contributed by atoms with E-state index in [0.29, 0.717) is 0 Å². The number of rotatable bonds is 4. The quantitative estimate of drug-likeness (QED) is 0.652. The molecule has 0 amide bonds. The SMILES string of the molecule is CC(=NC(Nn1cnnc1)c1ccncc1)N(C)C. The van der Waals surface area contributed by atoms with Crippen molar-refractivity contribution in [1.82, 2.24) is 24.8 Å². The minimum absolute atomic E-state index is 0.221. The summed E-state index contributed by atoms with van der Waals surface area (Å²) >= 11 is 0. The van der Waals surface area contributed by atoms with E-state index in [4.69, 9.17) is 0 Å². The van der Waals surface area contributed by atoms with Crippen LogP contribution in [0.3, 0.4) is 0 Å². The van der Waals surface area contributed by atoms with E-state index < -0.39 is 0 Å². The highest BCUT2D eigenvalue weighted by Gasteiger charge is 2.10. The third-order valence-electron chi connectivity index (χ3n) is 2.68. The van der Waals surface area contributed by atoms with Crippen LogP contribution in [-0.4, -0.2) is 44.7 Å². The van der Waals surface area contributed by atoms with E-state index in [9.17, 15) is 0 Å². The lowest BCUT2D eigenvalue weighted by Gasteiger charge is -2.19. The number of nitrogens with zero attached hydrogens (tertiary/aromatic N) is 6. The summed E-state index contributed by atoms with van der Waals surface area (Å²) in [5.74, 6) is 0.919. The van der Waals surface area contributed by atoms with Crippen molar-refractivity contribution in [3.8, 4) is 0 Å². The number of nitrogens with one attached hydrogen (secondary N) is 1. The van der Waals surface area contributed by atoms with Gasteiger partial charge < -0.3 is 4.90 Å². The van der Waals surface area contributed by atoms with Gasteiger partial charge in [0.15, 0.2) is 6.17 Å². The zero-order valence-electron chi connectivity index (χ0n) is 11.2. The Labute approximate surface area is 112 Å². The van der Waals surface area contributed by atoms with Gasteiger partial charge in [-0.15, -0.1) is 10.2 Å². The van der Waals surface area contributed by atoms with Crippen LogP contribution in [0.25, 0.3) is 0 Å². The highest BCUT2D eigenvalue weighted by atomic mass is 15.5. The Kier molecular flexibility index (Phi) is 4.07. The Morgan fingerprint density at radius 2 is 1.89 bits per heavy atom. The average molecular weight is 259 g/mol. The number of hydrogen-bond donors (Lipinski definition) is 1. The van der Waals surface area contributed by atoms with Gasteiger partial charge in [0.25, 0.3) is 0 Å². The highest BCUT2D eigenvalue weighted by Crippen LogP contribution is 2.15. The maximum atomic E-state index is 4.65. The molecule has 100 valence electrons. The second-order valence-electron chi connectivity index (χ2n) is 4.25. The minimum atomic E-state index is -0.221. The molecule has 0 radical (unpaired) electrons. The van der Waals surface area contributed by atoms with Crippen LogP contribution in [0, 0.1) is 0 Å². The summed E-state index contributed by atoms with van der Waals surface area (Å²) in [7, 11) is 3.92. The molecule has 7 nitrogen and oxygen atoms in total. The molecule has 0 aliphatic heterocycles. The fourth-order valence-electron chi connectivity index (χ4n) is 1.43. The Morgan fingerprint density at radius 1 is 1.26 bits per heavy atom. The van der Waals surface area contributed by atoms with Crippen LogP contribution in [0.15, 0.2) is 42.2 Å². The maximum Gasteiger partial charge on any atom is 0.160 e. The molecular weight excluding hydrogens is 242 g/mol. The zero-order valence-corrected chi connectivity index (χ0v) is 11.2. The Hall–Kier alpha value is -2.44. The first-order valence-electron chi connectivity index (χ1n) is 5.89. The van der Waals surface area contributed by atoms with Crippen molar-refractivity contribution in [3.63, 3.8) is 0 Å². The molecule has 2 aromatic rings. The predicted molar refractivity (Wildman–Crippen MR) is 73.2 cm³/mol. The summed E-state index contributed by atoms with van der Waals surface area (Å²) in [5, 5.41) is 7.52. The standard InChI is InChI=1S/C12H17N7/c1-10(18(2)3)16-12(11-4-6-13-7-5-11)17-19-8-14-15-9-19/h4-9,12,17H,1-3H3. The van der Waals surface area contributed by atoms with Crippen molar-refractivity contribution >= 4 is 5.84 Å². The summed E-state index contributed by atoms with van der Waals surface area (Å²) in [6.07, 6.45) is 6.46. The van der Waals surface area contributed by atoms with E-state index in [1.54, 1.807) is 29.7 Å². The van der Waals surface area contributed by atoms with Gasteiger partial charge in [-0.2, -0.15) is 0 Å². The predicted octanol–water partition coefficient (Wildman–Crippen LogP) is 0.895. The van der Waals surface area contributed by atoms with Crippen molar-refractivity contribution in [2.24, 2.45) is 4.99 Å². The lowest BCUT2D eigenvalue weighted by Crippen LogP contribution is -2.24. The molecule has 19 heavy (non-hydrogen) atoms. The van der Waals surface area contributed by atoms with Crippen LogP contribution in [0.1, 0.15) is 18.7 Å². The largest absolute Gasteiger partial charge is 0.367 e. The maximum absolute atomic E-state index is 4.65. The zero-order chi connectivity index (χ0) is 13.7. The lowest BCUT2D eigenvalue weighted by atomic mass is 10.2. The van der Waals surface area contributed by atoms with E-state index in [1.165, 1.54) is 0 Å². The second-order valence-corrected chi connectivity index (χ2v) is 4.25. The summed E-state index contributed by atoms with van der Waals surface area (Å²) in [6, 6.07) is 3.85. The van der Waals surface area contributed by atoms with Gasteiger partial charge in [0.05, 0.1) is 5.84 Å². The van der Waals surface area contributed by atoms with Crippen LogP contribution in [0.5, 0.6) is 0 Å². The van der Waals surface area contributed by atoms with Gasteiger partial charge in [0.1, 0.15) is 12.7 Å². The first-order chi connectivity index (χ1) is 9.16. The van der Waals surface area contributed by atoms with Crippen LogP contribution in [0.2, 0.25) is 0 Å². The van der Waals surface area contributed by atoms with E-state index in [1.807, 2.05) is 38.1 Å². The number of aliphatic imine (C=N–C) groups is 1. The molecule has 0 aromatic carbocycles. The van der Waals surface area contributed by atoms with Crippen LogP contribution >= 0.6 is 0 Å². The topological polar surface area (TPSA) is 71.2 Å². The molecular formula is C12H17N7. The molecule has 0 fully saturated rings. The fourth-order valence-corrected chi connectivity index (χ4v) is 1.43. The molecule has 1 unspecified atom stereocenters. The molecule has 1 N–H and O–H groups in total. The first kappa shape index (κ1) is 13.0. The summed E-state index contributed by atoms with van der Waals surface area (Å²) in [5.41, 5.74) is 4.23. The molecule has 1 atom stereocenters. The molecule has 0 aliphatic carbocycles. The Morgan fingerprint density at radius 3 is 2.47 bits per heavy atom. The summed E-state index contributed by atoms with van der Waals surface area (Å²) < 4.78 is 1.68. The van der Waals surface area contributed by atoms with Gasteiger partial charge in [0.2, 0.25) is 0 Å². The molecule has 2 heterocycles. The van der Waals surface area contributed by atoms with E-state index in [-0.39, 0.29) is 6.17 Å².